The lowest BCUT2D eigenvalue weighted by Gasteiger charge is -2.10. The molecule has 0 aromatic heterocycles. The van der Waals surface area contributed by atoms with E-state index >= 15 is 0 Å². The van der Waals surface area contributed by atoms with E-state index in [-0.39, 0.29) is 11.7 Å². The second-order valence-corrected chi connectivity index (χ2v) is 7.95. The van der Waals surface area contributed by atoms with Crippen molar-refractivity contribution in [1.29, 1.82) is 0 Å². The van der Waals surface area contributed by atoms with Crippen LogP contribution in [0.5, 0.6) is 0 Å². The van der Waals surface area contributed by atoms with Gasteiger partial charge in [-0.3, -0.25) is 4.79 Å². The summed E-state index contributed by atoms with van der Waals surface area (Å²) >= 11 is 2.16. The van der Waals surface area contributed by atoms with E-state index in [1.54, 1.807) is 30.3 Å². The van der Waals surface area contributed by atoms with Crippen molar-refractivity contribution in [3.63, 3.8) is 0 Å². The Labute approximate surface area is 195 Å². The maximum atomic E-state index is 13.4. The molecule has 4 nitrogen and oxygen atoms in total. The van der Waals surface area contributed by atoms with E-state index in [1.165, 1.54) is 31.1 Å². The Morgan fingerprint density at radius 1 is 1.13 bits per heavy atom. The van der Waals surface area contributed by atoms with Crippen molar-refractivity contribution < 1.29 is 9.18 Å². The summed E-state index contributed by atoms with van der Waals surface area (Å²) in [7, 11) is 0. The summed E-state index contributed by atoms with van der Waals surface area (Å²) in [6, 6.07) is 14.2. The van der Waals surface area contributed by atoms with Gasteiger partial charge in [-0.1, -0.05) is 59.0 Å². The number of nitrogens with two attached hydrogens (primary N) is 1. The number of benzene rings is 2. The zero-order valence-electron chi connectivity index (χ0n) is 17.0. The normalized spacial score (nSPS) is 15.0. The number of halogens is 2. The van der Waals surface area contributed by atoms with Gasteiger partial charge in [0.05, 0.1) is 11.4 Å². The molecule has 1 aliphatic carbocycles. The first-order valence-electron chi connectivity index (χ1n) is 10.1. The molecule has 0 spiro atoms. The zero-order valence-corrected chi connectivity index (χ0v) is 19.2. The van der Waals surface area contributed by atoms with E-state index < -0.39 is 0 Å². The van der Waals surface area contributed by atoms with Crippen molar-refractivity contribution in [1.82, 2.24) is 5.32 Å². The fourth-order valence-corrected chi connectivity index (χ4v) is 3.31. The van der Waals surface area contributed by atoms with Crippen LogP contribution in [-0.4, -0.2) is 18.5 Å². The largest absolute Gasteiger partial charge is 0.397 e. The van der Waals surface area contributed by atoms with Crippen molar-refractivity contribution in [2.75, 3.05) is 17.6 Å². The second kappa shape index (κ2) is 11.6. The minimum atomic E-state index is -0.259. The van der Waals surface area contributed by atoms with Gasteiger partial charge in [0, 0.05) is 18.7 Å². The van der Waals surface area contributed by atoms with Gasteiger partial charge in [0.2, 0.25) is 5.91 Å². The average Bonchev–Trinajstić information content (AvgIpc) is 3.58. The fraction of sp³-hybridized carbons (Fsp3) is 0.160. The van der Waals surface area contributed by atoms with Crippen molar-refractivity contribution in [2.45, 2.75) is 18.9 Å². The van der Waals surface area contributed by atoms with Crippen LogP contribution in [0.25, 0.3) is 5.57 Å². The number of hydrogen-bond acceptors (Lipinski definition) is 3. The molecule has 6 heteroatoms. The maximum absolute atomic E-state index is 13.4. The first-order chi connectivity index (χ1) is 15.0. The topological polar surface area (TPSA) is 67.1 Å². The van der Waals surface area contributed by atoms with Crippen molar-refractivity contribution in [3.8, 4) is 0 Å². The number of hydrogen-bond donors (Lipinski definition) is 3. The molecule has 0 saturated heterocycles. The van der Waals surface area contributed by atoms with E-state index in [0.717, 1.165) is 16.7 Å². The molecule has 160 valence electrons. The molecule has 1 amide bonds. The standard InChI is InChI=1S/C25H25FIN3O/c26-21-10-8-19(9-11-21)20(17-29-22-12-13-22)16-18(14-15-27)4-3-7-25(31)30-24-6-2-1-5-23(24)28/h1-11,14-16,22,29H,12-13,17,28H2,(H,30,31)/b7-3+,15-14-,18-4+,20-16-. The smallest absolute Gasteiger partial charge is 0.248 e. The van der Waals surface area contributed by atoms with Gasteiger partial charge in [-0.2, -0.15) is 0 Å². The predicted octanol–water partition coefficient (Wildman–Crippen LogP) is 5.61. The molecule has 2 aromatic rings. The fourth-order valence-electron chi connectivity index (χ4n) is 2.90. The third-order valence-electron chi connectivity index (χ3n) is 4.72. The van der Waals surface area contributed by atoms with Crippen LogP contribution >= 0.6 is 22.6 Å². The number of para-hydroxylation sites is 2. The number of carbonyl (C=O) groups is 1. The molecule has 0 bridgehead atoms. The number of anilines is 2. The lowest BCUT2D eigenvalue weighted by molar-refractivity contribution is -0.111. The van der Waals surface area contributed by atoms with Crippen LogP contribution < -0.4 is 16.4 Å². The number of carbonyl (C=O) groups excluding carboxylic acids is 1. The Morgan fingerprint density at radius 3 is 2.55 bits per heavy atom. The molecule has 31 heavy (non-hydrogen) atoms. The van der Waals surface area contributed by atoms with E-state index in [4.69, 9.17) is 5.73 Å². The SMILES string of the molecule is Nc1ccccc1NC(=O)/C=C/C=C(\C=C/I)/C=C(/CNC1CC1)c1ccc(F)cc1. The van der Waals surface area contributed by atoms with Gasteiger partial charge in [-0.05, 0) is 70.1 Å². The Bertz CT molecular complexity index is 1020. The minimum absolute atomic E-state index is 0.255. The summed E-state index contributed by atoms with van der Waals surface area (Å²) in [6.07, 6.45) is 11.4. The minimum Gasteiger partial charge on any atom is -0.397 e. The van der Waals surface area contributed by atoms with Crippen LogP contribution in [0, 0.1) is 5.82 Å². The number of nitrogens with one attached hydrogen (secondary N) is 2. The number of rotatable bonds is 9. The van der Waals surface area contributed by atoms with Crippen molar-refractivity contribution in [2.24, 2.45) is 0 Å². The Balaban J connectivity index is 1.76. The highest BCUT2D eigenvalue weighted by Crippen LogP contribution is 2.22. The maximum Gasteiger partial charge on any atom is 0.248 e. The molecule has 1 fully saturated rings. The monoisotopic (exact) mass is 529 g/mol. The average molecular weight is 529 g/mol. The van der Waals surface area contributed by atoms with Crippen LogP contribution in [-0.2, 0) is 4.79 Å². The first-order valence-corrected chi connectivity index (χ1v) is 11.3. The van der Waals surface area contributed by atoms with Crippen LogP contribution in [0.1, 0.15) is 18.4 Å². The molecule has 1 aliphatic rings. The zero-order chi connectivity index (χ0) is 22.1. The van der Waals surface area contributed by atoms with Crippen LogP contribution in [0.3, 0.4) is 0 Å². The van der Waals surface area contributed by atoms with Gasteiger partial charge in [0.1, 0.15) is 5.82 Å². The molecule has 1 saturated carbocycles. The van der Waals surface area contributed by atoms with Gasteiger partial charge in [0.15, 0.2) is 0 Å². The van der Waals surface area contributed by atoms with E-state index in [1.807, 2.05) is 28.4 Å². The molecular weight excluding hydrogens is 504 g/mol. The molecule has 0 atom stereocenters. The summed E-state index contributed by atoms with van der Waals surface area (Å²) < 4.78 is 15.3. The van der Waals surface area contributed by atoms with Crippen LogP contribution in [0.4, 0.5) is 15.8 Å². The third kappa shape index (κ3) is 7.80. The van der Waals surface area contributed by atoms with Crippen molar-refractivity contribution in [3.05, 3.63) is 99.9 Å². The Morgan fingerprint density at radius 2 is 1.87 bits per heavy atom. The highest BCUT2D eigenvalue weighted by atomic mass is 127. The summed E-state index contributed by atoms with van der Waals surface area (Å²) in [6.45, 7) is 0.695. The highest BCUT2D eigenvalue weighted by molar-refractivity contribution is 14.1. The molecular formula is C25H25FIN3O. The molecule has 0 radical (unpaired) electrons. The van der Waals surface area contributed by atoms with Gasteiger partial charge in [0.25, 0.3) is 0 Å². The molecule has 4 N–H and O–H groups in total. The summed E-state index contributed by atoms with van der Waals surface area (Å²) in [4.78, 5) is 12.2. The van der Waals surface area contributed by atoms with Gasteiger partial charge in [-0.15, -0.1) is 0 Å². The highest BCUT2D eigenvalue weighted by Gasteiger charge is 2.20. The quantitative estimate of drug-likeness (QED) is 0.171. The molecule has 0 aliphatic heterocycles. The van der Waals surface area contributed by atoms with Gasteiger partial charge >= 0.3 is 0 Å². The Kier molecular flexibility index (Phi) is 8.61. The molecule has 0 unspecified atom stereocenters. The molecule has 2 aromatic carbocycles. The molecule has 0 heterocycles. The number of amides is 1. The number of allylic oxidation sites excluding steroid dienone is 5. The first kappa shape index (κ1) is 23.0. The lowest BCUT2D eigenvalue weighted by Crippen LogP contribution is -2.18. The summed E-state index contributed by atoms with van der Waals surface area (Å²) in [5.74, 6) is -0.515. The van der Waals surface area contributed by atoms with E-state index in [9.17, 15) is 9.18 Å². The van der Waals surface area contributed by atoms with Gasteiger partial charge in [-0.25, -0.2) is 4.39 Å². The number of nitrogen functional groups attached to an aromatic ring is 1. The van der Waals surface area contributed by atoms with Crippen molar-refractivity contribution >= 4 is 45.4 Å². The predicted molar refractivity (Wildman–Crippen MR) is 135 cm³/mol. The second-order valence-electron chi connectivity index (χ2n) is 7.23. The van der Waals surface area contributed by atoms with Gasteiger partial charge < -0.3 is 16.4 Å². The summed E-state index contributed by atoms with van der Waals surface area (Å²) in [5, 5.41) is 6.28. The summed E-state index contributed by atoms with van der Waals surface area (Å²) in [5.41, 5.74) is 9.90. The third-order valence-corrected chi connectivity index (χ3v) is 5.08. The Hall–Kier alpha value is -2.71. The molecule has 3 rings (SSSR count). The lowest BCUT2D eigenvalue weighted by atomic mass is 10.0. The van der Waals surface area contributed by atoms with Crippen LogP contribution in [0.15, 0.2) is 88.6 Å². The van der Waals surface area contributed by atoms with E-state index in [0.29, 0.717) is 24.0 Å². The van der Waals surface area contributed by atoms with Crippen LogP contribution in [0.2, 0.25) is 0 Å². The van der Waals surface area contributed by atoms with E-state index in [2.05, 4.69) is 39.3 Å².